The fourth-order valence-electron chi connectivity index (χ4n) is 3.41. The van der Waals surface area contributed by atoms with E-state index in [9.17, 15) is 27.9 Å². The van der Waals surface area contributed by atoms with E-state index in [4.69, 9.17) is 0 Å². The van der Waals surface area contributed by atoms with Crippen LogP contribution in [0.25, 0.3) is 0 Å². The van der Waals surface area contributed by atoms with Crippen molar-refractivity contribution < 1.29 is 27.9 Å². The Morgan fingerprint density at radius 3 is 2.64 bits per heavy atom. The van der Waals surface area contributed by atoms with Gasteiger partial charge in [0.2, 0.25) is 0 Å². The molecule has 0 aliphatic carbocycles. The highest BCUT2D eigenvalue weighted by Gasteiger charge is 2.65. The number of benzene rings is 1. The van der Waals surface area contributed by atoms with E-state index >= 15 is 0 Å². The SMILES string of the molecule is CN1C(=O)C2(NC(C(F)(F)F)CC2C(=O)O)c2ccccc21. The van der Waals surface area contributed by atoms with Crippen LogP contribution in [0.3, 0.4) is 0 Å². The predicted octanol–water partition coefficient (Wildman–Crippen LogP) is 1.48. The molecule has 0 bridgehead atoms. The van der Waals surface area contributed by atoms with E-state index < -0.39 is 42.0 Å². The summed E-state index contributed by atoms with van der Waals surface area (Å²) in [5.41, 5.74) is -1.16. The lowest BCUT2D eigenvalue weighted by atomic mass is 9.80. The second kappa shape index (κ2) is 4.45. The summed E-state index contributed by atoms with van der Waals surface area (Å²) in [7, 11) is 1.43. The maximum atomic E-state index is 13.1. The molecule has 1 aromatic carbocycles. The van der Waals surface area contributed by atoms with Crippen LogP contribution in [0.4, 0.5) is 18.9 Å². The molecule has 3 atom stereocenters. The number of carboxylic acids is 1. The molecule has 22 heavy (non-hydrogen) atoms. The highest BCUT2D eigenvalue weighted by atomic mass is 19.4. The van der Waals surface area contributed by atoms with E-state index in [0.717, 1.165) is 0 Å². The largest absolute Gasteiger partial charge is 0.481 e. The second-order valence-electron chi connectivity index (χ2n) is 5.55. The van der Waals surface area contributed by atoms with Gasteiger partial charge in [-0.05, 0) is 12.5 Å². The Bertz CT molecular complexity index is 661. The van der Waals surface area contributed by atoms with Gasteiger partial charge in [0.1, 0.15) is 11.6 Å². The quantitative estimate of drug-likeness (QED) is 0.824. The second-order valence-corrected chi connectivity index (χ2v) is 5.55. The van der Waals surface area contributed by atoms with E-state index in [2.05, 4.69) is 5.32 Å². The first kappa shape index (κ1) is 14.8. The average molecular weight is 314 g/mol. The number of carbonyl (C=O) groups excluding carboxylic acids is 1. The molecule has 2 N–H and O–H groups in total. The van der Waals surface area contributed by atoms with Crippen LogP contribution in [0.2, 0.25) is 0 Å². The number of rotatable bonds is 1. The lowest BCUT2D eigenvalue weighted by Crippen LogP contribution is -2.54. The summed E-state index contributed by atoms with van der Waals surface area (Å²) in [5, 5.41) is 11.7. The molecule has 3 unspecified atom stereocenters. The topological polar surface area (TPSA) is 69.6 Å². The van der Waals surface area contributed by atoms with Crippen molar-refractivity contribution >= 4 is 17.6 Å². The first-order chi connectivity index (χ1) is 10.2. The van der Waals surface area contributed by atoms with Gasteiger partial charge in [0, 0.05) is 18.3 Å². The first-order valence-electron chi connectivity index (χ1n) is 6.64. The standard InChI is InChI=1S/C14H13F3N2O3/c1-19-9-5-3-2-4-7(9)13(12(19)22)8(11(20)21)6-10(18-13)14(15,16)17/h2-5,8,10,18H,6H2,1H3,(H,20,21). The third kappa shape index (κ3) is 1.76. The number of nitrogens with zero attached hydrogens (tertiary/aromatic N) is 1. The molecule has 1 spiro atoms. The Hall–Kier alpha value is -2.09. The molecule has 0 saturated carbocycles. The van der Waals surface area contributed by atoms with Crippen LogP contribution in [0, 0.1) is 5.92 Å². The van der Waals surface area contributed by atoms with Crippen molar-refractivity contribution in [2.24, 2.45) is 5.92 Å². The lowest BCUT2D eigenvalue weighted by molar-refractivity contribution is -0.155. The van der Waals surface area contributed by atoms with Crippen LogP contribution in [0.5, 0.6) is 0 Å². The van der Waals surface area contributed by atoms with Crippen molar-refractivity contribution in [3.8, 4) is 0 Å². The number of halogens is 3. The highest BCUT2D eigenvalue weighted by Crippen LogP contribution is 2.50. The molecule has 8 heteroatoms. The van der Waals surface area contributed by atoms with Crippen molar-refractivity contribution in [3.63, 3.8) is 0 Å². The number of aliphatic carboxylic acids is 1. The molecule has 2 aliphatic rings. The number of nitrogens with one attached hydrogen (secondary N) is 1. The van der Waals surface area contributed by atoms with Gasteiger partial charge in [0.15, 0.2) is 0 Å². The summed E-state index contributed by atoms with van der Waals surface area (Å²) >= 11 is 0. The summed E-state index contributed by atoms with van der Waals surface area (Å²) in [5.74, 6) is -3.57. The fraction of sp³-hybridized carbons (Fsp3) is 0.429. The third-order valence-electron chi connectivity index (χ3n) is 4.42. The van der Waals surface area contributed by atoms with Gasteiger partial charge >= 0.3 is 12.1 Å². The number of anilines is 1. The van der Waals surface area contributed by atoms with Crippen molar-refractivity contribution in [2.75, 3.05) is 11.9 Å². The maximum Gasteiger partial charge on any atom is 0.403 e. The van der Waals surface area contributed by atoms with Crippen molar-refractivity contribution in [1.29, 1.82) is 0 Å². The number of hydrogen-bond acceptors (Lipinski definition) is 3. The van der Waals surface area contributed by atoms with Crippen LogP contribution in [0.15, 0.2) is 24.3 Å². The minimum Gasteiger partial charge on any atom is -0.481 e. The Balaban J connectivity index is 2.18. The number of likely N-dealkylation sites (N-methyl/N-ethyl adjacent to an activating group) is 1. The molecule has 2 heterocycles. The van der Waals surface area contributed by atoms with E-state index in [0.29, 0.717) is 5.69 Å². The number of carbonyl (C=O) groups is 2. The molecule has 1 saturated heterocycles. The minimum atomic E-state index is -4.62. The number of amides is 1. The maximum absolute atomic E-state index is 13.1. The summed E-state index contributed by atoms with van der Waals surface area (Å²) in [6.07, 6.45) is -5.29. The number of carboxylic acid groups (broad SMARTS) is 1. The summed E-state index contributed by atoms with van der Waals surface area (Å²) in [6, 6.07) is 4.28. The summed E-state index contributed by atoms with van der Waals surface area (Å²) < 4.78 is 39.2. The van der Waals surface area contributed by atoms with Crippen LogP contribution < -0.4 is 10.2 Å². The monoisotopic (exact) mass is 314 g/mol. The van der Waals surface area contributed by atoms with Crippen molar-refractivity contribution in [1.82, 2.24) is 5.32 Å². The number of hydrogen-bond donors (Lipinski definition) is 2. The Morgan fingerprint density at radius 2 is 2.05 bits per heavy atom. The molecule has 2 aliphatic heterocycles. The molecule has 1 fully saturated rings. The van der Waals surface area contributed by atoms with Crippen molar-refractivity contribution in [3.05, 3.63) is 29.8 Å². The van der Waals surface area contributed by atoms with Crippen LogP contribution in [-0.2, 0) is 15.1 Å². The Labute approximate surface area is 123 Å². The van der Waals surface area contributed by atoms with E-state index in [-0.39, 0.29) is 5.56 Å². The predicted molar refractivity (Wildman–Crippen MR) is 70.3 cm³/mol. The fourth-order valence-corrected chi connectivity index (χ4v) is 3.41. The van der Waals surface area contributed by atoms with Gasteiger partial charge in [0.25, 0.3) is 5.91 Å². The van der Waals surface area contributed by atoms with E-state index in [1.165, 1.54) is 18.0 Å². The van der Waals surface area contributed by atoms with Gasteiger partial charge < -0.3 is 10.0 Å². The van der Waals surface area contributed by atoms with Crippen LogP contribution >= 0.6 is 0 Å². The summed E-state index contributed by atoms with van der Waals surface area (Å²) in [6.45, 7) is 0. The van der Waals surface area contributed by atoms with Gasteiger partial charge in [-0.1, -0.05) is 18.2 Å². The normalized spacial score (nSPS) is 30.9. The number of para-hydroxylation sites is 1. The Morgan fingerprint density at radius 1 is 1.41 bits per heavy atom. The molecule has 5 nitrogen and oxygen atoms in total. The van der Waals surface area contributed by atoms with E-state index in [1.54, 1.807) is 18.2 Å². The zero-order valence-corrected chi connectivity index (χ0v) is 11.5. The third-order valence-corrected chi connectivity index (χ3v) is 4.42. The molecule has 118 valence electrons. The molecule has 0 aromatic heterocycles. The first-order valence-corrected chi connectivity index (χ1v) is 6.64. The molecule has 3 rings (SSSR count). The van der Waals surface area contributed by atoms with Crippen molar-refractivity contribution in [2.45, 2.75) is 24.2 Å². The van der Waals surface area contributed by atoms with Gasteiger partial charge in [-0.3, -0.25) is 14.9 Å². The number of alkyl halides is 3. The van der Waals surface area contributed by atoms with Gasteiger partial charge in [0.05, 0.1) is 5.92 Å². The minimum absolute atomic E-state index is 0.279. The number of fused-ring (bicyclic) bond motifs is 2. The summed E-state index contributed by atoms with van der Waals surface area (Å²) in [4.78, 5) is 25.3. The van der Waals surface area contributed by atoms with Crippen LogP contribution in [-0.4, -0.2) is 36.2 Å². The smallest absolute Gasteiger partial charge is 0.403 e. The lowest BCUT2D eigenvalue weighted by Gasteiger charge is -2.28. The molecular formula is C14H13F3N2O3. The molecule has 0 radical (unpaired) electrons. The molecule has 1 aromatic rings. The van der Waals surface area contributed by atoms with Gasteiger partial charge in [-0.15, -0.1) is 0 Å². The Kier molecular flexibility index (Phi) is 3.00. The highest BCUT2D eigenvalue weighted by molar-refractivity contribution is 6.10. The molecular weight excluding hydrogens is 301 g/mol. The van der Waals surface area contributed by atoms with Crippen LogP contribution in [0.1, 0.15) is 12.0 Å². The van der Waals surface area contributed by atoms with Gasteiger partial charge in [-0.25, -0.2) is 0 Å². The molecule has 1 amide bonds. The zero-order valence-electron chi connectivity index (χ0n) is 11.5. The van der Waals surface area contributed by atoms with Gasteiger partial charge in [-0.2, -0.15) is 13.2 Å². The van der Waals surface area contributed by atoms with E-state index in [1.807, 2.05) is 0 Å². The zero-order chi connectivity index (χ0) is 16.3. The average Bonchev–Trinajstić information content (AvgIpc) is 2.95.